The van der Waals surface area contributed by atoms with Gasteiger partial charge in [0, 0.05) is 0 Å². The number of para-hydroxylation sites is 1. The fourth-order valence-corrected chi connectivity index (χ4v) is 2.43. The van der Waals surface area contributed by atoms with Crippen molar-refractivity contribution in [2.45, 2.75) is 6.92 Å². The van der Waals surface area contributed by atoms with Crippen LogP contribution in [-0.2, 0) is 4.74 Å². The van der Waals surface area contributed by atoms with Gasteiger partial charge in [0.2, 0.25) is 0 Å². The first-order chi connectivity index (χ1) is 11.6. The first-order valence-electron chi connectivity index (χ1n) is 7.22. The number of aromatic nitrogens is 2. The number of benzene rings is 2. The van der Waals surface area contributed by atoms with E-state index in [1.54, 1.807) is 12.1 Å². The zero-order valence-corrected chi connectivity index (χ0v) is 13.9. The maximum atomic E-state index is 11.8. The lowest BCUT2D eigenvalue weighted by Gasteiger charge is -2.11. The van der Waals surface area contributed by atoms with Crippen LogP contribution in [0.5, 0.6) is 0 Å². The highest BCUT2D eigenvalue weighted by molar-refractivity contribution is 6.32. The second-order valence-corrected chi connectivity index (χ2v) is 5.48. The molecule has 0 saturated heterocycles. The smallest absolute Gasteiger partial charge is 0.338 e. The number of carbonyl (C=O) groups is 1. The van der Waals surface area contributed by atoms with Gasteiger partial charge in [0.1, 0.15) is 0 Å². The lowest BCUT2D eigenvalue weighted by molar-refractivity contribution is 0.0600. The molecule has 1 heterocycles. The van der Waals surface area contributed by atoms with Crippen LogP contribution in [0.1, 0.15) is 15.9 Å². The summed E-state index contributed by atoms with van der Waals surface area (Å²) in [7, 11) is 1.34. The molecule has 122 valence electrons. The van der Waals surface area contributed by atoms with E-state index in [4.69, 9.17) is 16.3 Å². The van der Waals surface area contributed by atoms with E-state index in [-0.39, 0.29) is 5.15 Å². The van der Waals surface area contributed by atoms with Crippen molar-refractivity contribution in [2.75, 3.05) is 18.0 Å². The van der Waals surface area contributed by atoms with Gasteiger partial charge in [0.15, 0.2) is 11.0 Å². The zero-order valence-electron chi connectivity index (χ0n) is 13.1. The Morgan fingerprint density at radius 1 is 1.08 bits per heavy atom. The normalized spacial score (nSPS) is 10.5. The Morgan fingerprint density at radius 2 is 1.79 bits per heavy atom. The standard InChI is InChI=1S/C17H15ClN4O2/c1-10-8-13-14(9-12(10)17(23)24-2)19-15(18)16(20-13)22-21-11-6-4-3-5-7-11/h3-9,21H,1-2H3,(H,20,22). The molecule has 6 nitrogen and oxygen atoms in total. The number of hydrogen-bond acceptors (Lipinski definition) is 6. The van der Waals surface area contributed by atoms with E-state index < -0.39 is 5.97 Å². The summed E-state index contributed by atoms with van der Waals surface area (Å²) in [6.45, 7) is 1.82. The Labute approximate surface area is 143 Å². The predicted octanol–water partition coefficient (Wildman–Crippen LogP) is 3.82. The van der Waals surface area contributed by atoms with Crippen molar-refractivity contribution in [1.82, 2.24) is 9.97 Å². The molecule has 0 radical (unpaired) electrons. The van der Waals surface area contributed by atoms with Crippen molar-refractivity contribution in [3.8, 4) is 0 Å². The highest BCUT2D eigenvalue weighted by atomic mass is 35.5. The summed E-state index contributed by atoms with van der Waals surface area (Å²) < 4.78 is 4.77. The summed E-state index contributed by atoms with van der Waals surface area (Å²) in [6, 6.07) is 13.0. The number of halogens is 1. The van der Waals surface area contributed by atoms with Crippen LogP contribution in [0, 0.1) is 6.92 Å². The monoisotopic (exact) mass is 342 g/mol. The molecular weight excluding hydrogens is 328 g/mol. The van der Waals surface area contributed by atoms with Gasteiger partial charge in [0.25, 0.3) is 0 Å². The molecule has 0 saturated carbocycles. The van der Waals surface area contributed by atoms with Gasteiger partial charge in [-0.3, -0.25) is 10.9 Å². The summed E-state index contributed by atoms with van der Waals surface area (Å²) in [6.07, 6.45) is 0. The highest BCUT2D eigenvalue weighted by Gasteiger charge is 2.14. The average Bonchev–Trinajstić information content (AvgIpc) is 2.60. The fourth-order valence-electron chi connectivity index (χ4n) is 2.25. The van der Waals surface area contributed by atoms with Gasteiger partial charge < -0.3 is 4.74 Å². The number of anilines is 2. The lowest BCUT2D eigenvalue weighted by Crippen LogP contribution is -2.11. The van der Waals surface area contributed by atoms with E-state index in [2.05, 4.69) is 20.8 Å². The van der Waals surface area contributed by atoms with Gasteiger partial charge in [-0.25, -0.2) is 14.8 Å². The number of rotatable bonds is 4. The molecule has 0 aliphatic rings. The van der Waals surface area contributed by atoms with Crippen LogP contribution in [0.4, 0.5) is 11.5 Å². The van der Waals surface area contributed by atoms with Crippen LogP contribution in [-0.4, -0.2) is 23.0 Å². The predicted molar refractivity (Wildman–Crippen MR) is 94.3 cm³/mol. The molecule has 0 amide bonds. The number of ether oxygens (including phenoxy) is 1. The summed E-state index contributed by atoms with van der Waals surface area (Å²) in [5.41, 5.74) is 9.17. The lowest BCUT2D eigenvalue weighted by atomic mass is 10.1. The van der Waals surface area contributed by atoms with Crippen LogP contribution in [0.2, 0.25) is 5.15 Å². The summed E-state index contributed by atoms with van der Waals surface area (Å²) >= 11 is 6.18. The van der Waals surface area contributed by atoms with Crippen molar-refractivity contribution in [3.63, 3.8) is 0 Å². The molecule has 0 spiro atoms. The van der Waals surface area contributed by atoms with Gasteiger partial charge in [-0.05, 0) is 36.8 Å². The Kier molecular flexibility index (Phi) is 4.48. The molecule has 2 aromatic carbocycles. The second kappa shape index (κ2) is 6.72. The van der Waals surface area contributed by atoms with E-state index in [9.17, 15) is 4.79 Å². The number of hydrazine groups is 1. The molecule has 0 unspecified atom stereocenters. The van der Waals surface area contributed by atoms with Gasteiger partial charge in [-0.2, -0.15) is 0 Å². The first-order valence-corrected chi connectivity index (χ1v) is 7.59. The molecule has 0 bridgehead atoms. The minimum absolute atomic E-state index is 0.200. The third kappa shape index (κ3) is 3.23. The summed E-state index contributed by atoms with van der Waals surface area (Å²) in [4.78, 5) is 20.5. The van der Waals surface area contributed by atoms with Crippen molar-refractivity contribution in [1.29, 1.82) is 0 Å². The number of nitrogens with one attached hydrogen (secondary N) is 2. The zero-order chi connectivity index (χ0) is 17.1. The van der Waals surface area contributed by atoms with E-state index in [1.165, 1.54) is 7.11 Å². The van der Waals surface area contributed by atoms with Crippen LogP contribution >= 0.6 is 11.6 Å². The molecular formula is C17H15ClN4O2. The Morgan fingerprint density at radius 3 is 2.50 bits per heavy atom. The molecule has 24 heavy (non-hydrogen) atoms. The highest BCUT2D eigenvalue weighted by Crippen LogP contribution is 2.24. The molecule has 1 aromatic heterocycles. The van der Waals surface area contributed by atoms with Crippen LogP contribution in [0.25, 0.3) is 11.0 Å². The third-order valence-electron chi connectivity index (χ3n) is 3.47. The maximum absolute atomic E-state index is 11.8. The Balaban J connectivity index is 1.93. The minimum Gasteiger partial charge on any atom is -0.465 e. The van der Waals surface area contributed by atoms with E-state index in [1.807, 2.05) is 37.3 Å². The van der Waals surface area contributed by atoms with Gasteiger partial charge in [-0.1, -0.05) is 29.8 Å². The molecule has 2 N–H and O–H groups in total. The van der Waals surface area contributed by atoms with Crippen molar-refractivity contribution < 1.29 is 9.53 Å². The third-order valence-corrected chi connectivity index (χ3v) is 3.74. The van der Waals surface area contributed by atoms with Crippen LogP contribution in [0.3, 0.4) is 0 Å². The van der Waals surface area contributed by atoms with Crippen LogP contribution < -0.4 is 10.9 Å². The fraction of sp³-hybridized carbons (Fsp3) is 0.118. The number of esters is 1. The number of nitrogens with zero attached hydrogens (tertiary/aromatic N) is 2. The number of hydrogen-bond donors (Lipinski definition) is 2. The number of aryl methyl sites for hydroxylation is 1. The molecule has 0 aliphatic carbocycles. The minimum atomic E-state index is -0.416. The van der Waals surface area contributed by atoms with Crippen molar-refractivity contribution in [3.05, 3.63) is 58.7 Å². The van der Waals surface area contributed by atoms with Gasteiger partial charge in [0.05, 0.1) is 29.4 Å². The molecule has 0 aliphatic heterocycles. The molecule has 0 fully saturated rings. The number of methoxy groups -OCH3 is 1. The Bertz CT molecular complexity index is 900. The molecule has 0 atom stereocenters. The van der Waals surface area contributed by atoms with Crippen molar-refractivity contribution in [2.24, 2.45) is 0 Å². The maximum Gasteiger partial charge on any atom is 0.338 e. The SMILES string of the molecule is COC(=O)c1cc2nc(Cl)c(NNc3ccccc3)nc2cc1C. The topological polar surface area (TPSA) is 76.1 Å². The van der Waals surface area contributed by atoms with Gasteiger partial charge >= 0.3 is 5.97 Å². The van der Waals surface area contributed by atoms with Gasteiger partial charge in [-0.15, -0.1) is 0 Å². The number of carbonyl (C=O) groups excluding carboxylic acids is 1. The molecule has 3 aromatic rings. The first kappa shape index (κ1) is 16.0. The van der Waals surface area contributed by atoms with E-state index >= 15 is 0 Å². The van der Waals surface area contributed by atoms with E-state index in [0.29, 0.717) is 22.4 Å². The summed E-state index contributed by atoms with van der Waals surface area (Å²) in [5, 5.41) is 0.200. The Hall–Kier alpha value is -2.86. The van der Waals surface area contributed by atoms with Crippen molar-refractivity contribution >= 4 is 40.1 Å². The molecule has 7 heteroatoms. The average molecular weight is 343 g/mol. The molecule has 3 rings (SSSR count). The van der Waals surface area contributed by atoms with Crippen LogP contribution in [0.15, 0.2) is 42.5 Å². The second-order valence-electron chi connectivity index (χ2n) is 5.13. The summed E-state index contributed by atoms with van der Waals surface area (Å²) in [5.74, 6) is -0.0153. The van der Waals surface area contributed by atoms with E-state index in [0.717, 1.165) is 11.3 Å². The largest absolute Gasteiger partial charge is 0.465 e. The number of fused-ring (bicyclic) bond motifs is 1. The quantitative estimate of drug-likeness (QED) is 0.554.